The van der Waals surface area contributed by atoms with Crippen LogP contribution in [0.4, 0.5) is 0 Å². The fraction of sp³-hybridized carbons (Fsp3) is 0.957. The summed E-state index contributed by atoms with van der Waals surface area (Å²) in [4.78, 5) is 14.4. The molecular formula is C23H47NO. The van der Waals surface area contributed by atoms with E-state index in [-0.39, 0.29) is 0 Å². The first-order chi connectivity index (χ1) is 12.3. The third-order valence-electron chi connectivity index (χ3n) is 5.12. The molecule has 0 unspecified atom stereocenters. The first-order valence-electron chi connectivity index (χ1n) is 11.5. The van der Waals surface area contributed by atoms with Gasteiger partial charge in [-0.15, -0.1) is 0 Å². The molecule has 0 saturated carbocycles. The van der Waals surface area contributed by atoms with E-state index < -0.39 is 0 Å². The molecule has 0 rings (SSSR count). The zero-order valence-corrected chi connectivity index (χ0v) is 17.8. The summed E-state index contributed by atoms with van der Waals surface area (Å²) in [6.07, 6.45) is 21.9. The highest BCUT2D eigenvalue weighted by atomic mass is 16.2. The lowest BCUT2D eigenvalue weighted by Gasteiger charge is -2.22. The molecule has 2 heteroatoms. The van der Waals surface area contributed by atoms with Crippen LogP contribution < -0.4 is 0 Å². The lowest BCUT2D eigenvalue weighted by molar-refractivity contribution is -0.131. The van der Waals surface area contributed by atoms with E-state index in [4.69, 9.17) is 0 Å². The first kappa shape index (κ1) is 24.5. The van der Waals surface area contributed by atoms with Crippen molar-refractivity contribution in [3.05, 3.63) is 0 Å². The lowest BCUT2D eigenvalue weighted by Crippen LogP contribution is -2.32. The van der Waals surface area contributed by atoms with Crippen LogP contribution in [0.1, 0.15) is 130 Å². The van der Waals surface area contributed by atoms with Crippen molar-refractivity contribution >= 4 is 5.91 Å². The highest BCUT2D eigenvalue weighted by Crippen LogP contribution is 2.13. The number of rotatable bonds is 19. The fourth-order valence-corrected chi connectivity index (χ4v) is 3.43. The molecule has 150 valence electrons. The third kappa shape index (κ3) is 16.7. The van der Waals surface area contributed by atoms with Gasteiger partial charge in [0.05, 0.1) is 0 Å². The van der Waals surface area contributed by atoms with Crippen LogP contribution in [0.3, 0.4) is 0 Å². The Balaban J connectivity index is 3.40. The van der Waals surface area contributed by atoms with Gasteiger partial charge in [0.2, 0.25) is 5.91 Å². The summed E-state index contributed by atoms with van der Waals surface area (Å²) in [6, 6.07) is 0. The minimum atomic E-state index is 0.387. The van der Waals surface area contributed by atoms with E-state index >= 15 is 0 Å². The molecule has 0 radical (unpaired) electrons. The van der Waals surface area contributed by atoms with E-state index in [0.29, 0.717) is 5.91 Å². The molecule has 0 N–H and O–H groups in total. The number of nitrogens with zero attached hydrogens (tertiary/aromatic N) is 1. The predicted molar refractivity (Wildman–Crippen MR) is 112 cm³/mol. The second-order valence-electron chi connectivity index (χ2n) is 7.73. The minimum Gasteiger partial charge on any atom is -0.343 e. The predicted octanol–water partition coefficient (Wildman–Crippen LogP) is 7.51. The van der Waals surface area contributed by atoms with Crippen LogP contribution in [-0.4, -0.2) is 23.9 Å². The normalized spacial score (nSPS) is 11.0. The Hall–Kier alpha value is -0.530. The number of carbonyl (C=O) groups excluding carboxylic acids is 1. The number of hydrogen-bond acceptors (Lipinski definition) is 1. The standard InChI is InChI=1S/C23H47NO/c1-4-7-9-10-11-12-13-14-15-16-17-18-19-20-23(25)24(21-6-3)22-8-5-2/h4-22H2,1-3H3. The van der Waals surface area contributed by atoms with E-state index in [0.717, 1.165) is 38.8 Å². The maximum absolute atomic E-state index is 12.3. The molecule has 0 aromatic rings. The van der Waals surface area contributed by atoms with Gasteiger partial charge in [-0.05, 0) is 19.3 Å². The van der Waals surface area contributed by atoms with Gasteiger partial charge < -0.3 is 4.90 Å². The third-order valence-corrected chi connectivity index (χ3v) is 5.12. The van der Waals surface area contributed by atoms with Crippen molar-refractivity contribution in [3.63, 3.8) is 0 Å². The summed E-state index contributed by atoms with van der Waals surface area (Å²) in [5, 5.41) is 0. The summed E-state index contributed by atoms with van der Waals surface area (Å²) in [5.41, 5.74) is 0. The molecule has 25 heavy (non-hydrogen) atoms. The van der Waals surface area contributed by atoms with Crippen LogP contribution >= 0.6 is 0 Å². The molecule has 0 saturated heterocycles. The van der Waals surface area contributed by atoms with Crippen LogP contribution in [-0.2, 0) is 4.79 Å². The minimum absolute atomic E-state index is 0.387. The highest BCUT2D eigenvalue weighted by molar-refractivity contribution is 5.76. The lowest BCUT2D eigenvalue weighted by atomic mass is 10.0. The molecule has 0 aromatic carbocycles. The molecule has 2 nitrogen and oxygen atoms in total. The van der Waals surface area contributed by atoms with Crippen molar-refractivity contribution in [2.24, 2.45) is 0 Å². The molecular weight excluding hydrogens is 306 g/mol. The van der Waals surface area contributed by atoms with Gasteiger partial charge in [-0.2, -0.15) is 0 Å². The van der Waals surface area contributed by atoms with Gasteiger partial charge in [0, 0.05) is 19.5 Å². The maximum atomic E-state index is 12.3. The topological polar surface area (TPSA) is 20.3 Å². The molecule has 0 aromatic heterocycles. The Morgan fingerprint density at radius 3 is 1.40 bits per heavy atom. The molecule has 0 bridgehead atoms. The SMILES string of the molecule is CCCCCCCCCCCCCCCC(=O)N(CCC)CCCC. The van der Waals surface area contributed by atoms with E-state index in [1.165, 1.54) is 83.5 Å². The zero-order valence-electron chi connectivity index (χ0n) is 17.8. The zero-order chi connectivity index (χ0) is 18.6. The van der Waals surface area contributed by atoms with Crippen molar-refractivity contribution in [2.45, 2.75) is 130 Å². The summed E-state index contributed by atoms with van der Waals surface area (Å²) < 4.78 is 0. The number of amides is 1. The van der Waals surface area contributed by atoms with Crippen molar-refractivity contribution in [2.75, 3.05) is 13.1 Å². The molecule has 0 spiro atoms. The second kappa shape index (κ2) is 19.8. The van der Waals surface area contributed by atoms with Gasteiger partial charge in [0.25, 0.3) is 0 Å². The Morgan fingerprint density at radius 2 is 0.960 bits per heavy atom. The Labute approximate surface area is 159 Å². The molecule has 1 amide bonds. The monoisotopic (exact) mass is 353 g/mol. The van der Waals surface area contributed by atoms with Gasteiger partial charge in [-0.3, -0.25) is 4.79 Å². The van der Waals surface area contributed by atoms with Gasteiger partial charge in [-0.25, -0.2) is 0 Å². The number of carbonyl (C=O) groups is 1. The Bertz CT molecular complexity index is 277. The Kier molecular flexibility index (Phi) is 19.4. The molecule has 0 aliphatic carbocycles. The maximum Gasteiger partial charge on any atom is 0.222 e. The number of hydrogen-bond donors (Lipinski definition) is 0. The van der Waals surface area contributed by atoms with Crippen molar-refractivity contribution in [1.29, 1.82) is 0 Å². The summed E-state index contributed by atoms with van der Waals surface area (Å²) in [6.45, 7) is 8.54. The molecule has 0 heterocycles. The van der Waals surface area contributed by atoms with Gasteiger partial charge in [0.15, 0.2) is 0 Å². The first-order valence-corrected chi connectivity index (χ1v) is 11.5. The van der Waals surface area contributed by atoms with Gasteiger partial charge in [0.1, 0.15) is 0 Å². The average Bonchev–Trinajstić information content (AvgIpc) is 2.62. The number of unbranched alkanes of at least 4 members (excludes halogenated alkanes) is 13. The van der Waals surface area contributed by atoms with Crippen LogP contribution in [0.25, 0.3) is 0 Å². The van der Waals surface area contributed by atoms with Crippen LogP contribution in [0.15, 0.2) is 0 Å². The van der Waals surface area contributed by atoms with Crippen molar-refractivity contribution in [1.82, 2.24) is 4.90 Å². The highest BCUT2D eigenvalue weighted by Gasteiger charge is 2.11. The van der Waals surface area contributed by atoms with Crippen LogP contribution in [0.5, 0.6) is 0 Å². The van der Waals surface area contributed by atoms with E-state index in [1.54, 1.807) is 0 Å². The van der Waals surface area contributed by atoms with Gasteiger partial charge in [-0.1, -0.05) is 104 Å². The average molecular weight is 354 g/mol. The van der Waals surface area contributed by atoms with Crippen LogP contribution in [0.2, 0.25) is 0 Å². The van der Waals surface area contributed by atoms with E-state index in [9.17, 15) is 4.79 Å². The smallest absolute Gasteiger partial charge is 0.222 e. The Morgan fingerprint density at radius 1 is 0.520 bits per heavy atom. The fourth-order valence-electron chi connectivity index (χ4n) is 3.43. The molecule has 0 fully saturated rings. The van der Waals surface area contributed by atoms with Crippen LogP contribution in [0, 0.1) is 0 Å². The summed E-state index contributed by atoms with van der Waals surface area (Å²) >= 11 is 0. The van der Waals surface area contributed by atoms with Crippen molar-refractivity contribution in [3.8, 4) is 0 Å². The molecule has 0 aliphatic rings. The summed E-state index contributed by atoms with van der Waals surface area (Å²) in [7, 11) is 0. The molecule has 0 atom stereocenters. The molecule has 0 aliphatic heterocycles. The van der Waals surface area contributed by atoms with Gasteiger partial charge >= 0.3 is 0 Å². The van der Waals surface area contributed by atoms with E-state index in [1.807, 2.05) is 0 Å². The second-order valence-corrected chi connectivity index (χ2v) is 7.73. The van der Waals surface area contributed by atoms with Crippen molar-refractivity contribution < 1.29 is 4.79 Å². The quantitative estimate of drug-likeness (QED) is 0.220. The summed E-state index contributed by atoms with van der Waals surface area (Å²) in [5.74, 6) is 0.387. The van der Waals surface area contributed by atoms with E-state index in [2.05, 4.69) is 25.7 Å². The largest absolute Gasteiger partial charge is 0.343 e.